The summed E-state index contributed by atoms with van der Waals surface area (Å²) in [5.41, 5.74) is 4.92. The van der Waals surface area contributed by atoms with Crippen LogP contribution in [-0.2, 0) is 4.79 Å². The summed E-state index contributed by atoms with van der Waals surface area (Å²) in [6, 6.07) is 7.02. The van der Waals surface area contributed by atoms with Gasteiger partial charge in [-0.3, -0.25) is 10.2 Å². The van der Waals surface area contributed by atoms with Gasteiger partial charge in [0.2, 0.25) is 0 Å². The second-order valence-electron chi connectivity index (χ2n) is 2.76. The van der Waals surface area contributed by atoms with Gasteiger partial charge < -0.3 is 9.47 Å². The first-order valence-corrected chi connectivity index (χ1v) is 4.48. The molecule has 0 spiro atoms. The highest BCUT2D eigenvalue weighted by molar-refractivity contribution is 5.76. The molecule has 0 heterocycles. The van der Waals surface area contributed by atoms with Gasteiger partial charge in [0.1, 0.15) is 11.5 Å². The molecule has 0 atom stereocenters. The third kappa shape index (κ3) is 3.86. The lowest BCUT2D eigenvalue weighted by Crippen LogP contribution is -2.37. The molecule has 5 heteroatoms. The minimum absolute atomic E-state index is 0.0207. The van der Waals surface area contributed by atoms with E-state index in [0.717, 1.165) is 5.75 Å². The molecular weight excluding hydrogens is 196 g/mol. The number of rotatable bonds is 5. The Morgan fingerprint density at radius 3 is 2.40 bits per heavy atom. The summed E-state index contributed by atoms with van der Waals surface area (Å²) in [7, 11) is 3.21. The molecule has 1 aromatic carbocycles. The van der Waals surface area contributed by atoms with Gasteiger partial charge in [-0.25, -0.2) is 5.43 Å². The van der Waals surface area contributed by atoms with E-state index in [4.69, 9.17) is 9.47 Å². The summed E-state index contributed by atoms with van der Waals surface area (Å²) in [5.74, 6) is 1.15. The van der Waals surface area contributed by atoms with Gasteiger partial charge in [0.25, 0.3) is 5.91 Å². The van der Waals surface area contributed by atoms with Crippen LogP contribution in [0.5, 0.6) is 11.5 Å². The molecule has 0 aromatic heterocycles. The summed E-state index contributed by atoms with van der Waals surface area (Å²) in [5, 5.41) is 0. The molecule has 0 saturated heterocycles. The Morgan fingerprint density at radius 2 is 1.87 bits per heavy atom. The van der Waals surface area contributed by atoms with Gasteiger partial charge in [0.15, 0.2) is 6.61 Å². The van der Waals surface area contributed by atoms with Crippen molar-refractivity contribution in [2.24, 2.45) is 0 Å². The van der Waals surface area contributed by atoms with E-state index >= 15 is 0 Å². The van der Waals surface area contributed by atoms with Crippen molar-refractivity contribution in [1.82, 2.24) is 10.9 Å². The van der Waals surface area contributed by atoms with E-state index < -0.39 is 0 Å². The van der Waals surface area contributed by atoms with Gasteiger partial charge in [-0.15, -0.1) is 0 Å². The fourth-order valence-electron chi connectivity index (χ4n) is 0.996. The number of hydrogen-bond acceptors (Lipinski definition) is 4. The van der Waals surface area contributed by atoms with Crippen molar-refractivity contribution in [3.05, 3.63) is 24.3 Å². The second kappa shape index (κ2) is 5.87. The van der Waals surface area contributed by atoms with Gasteiger partial charge in [0, 0.05) is 7.05 Å². The van der Waals surface area contributed by atoms with E-state index in [1.54, 1.807) is 38.4 Å². The fourth-order valence-corrected chi connectivity index (χ4v) is 0.996. The molecule has 0 aliphatic rings. The van der Waals surface area contributed by atoms with Crippen LogP contribution in [0.1, 0.15) is 0 Å². The van der Waals surface area contributed by atoms with Crippen LogP contribution in [0.3, 0.4) is 0 Å². The second-order valence-corrected chi connectivity index (χ2v) is 2.76. The molecule has 0 aliphatic carbocycles. The Hall–Kier alpha value is -1.75. The number of amides is 1. The summed E-state index contributed by atoms with van der Waals surface area (Å²) in [6.45, 7) is -0.0207. The van der Waals surface area contributed by atoms with Crippen LogP contribution >= 0.6 is 0 Å². The van der Waals surface area contributed by atoms with Crippen LogP contribution in [0.15, 0.2) is 24.3 Å². The van der Waals surface area contributed by atoms with E-state index in [9.17, 15) is 4.79 Å². The molecule has 0 bridgehead atoms. The molecule has 0 radical (unpaired) electrons. The minimum Gasteiger partial charge on any atom is -0.497 e. The topological polar surface area (TPSA) is 59.6 Å². The molecule has 1 amide bonds. The maximum absolute atomic E-state index is 11.0. The molecule has 15 heavy (non-hydrogen) atoms. The molecule has 5 nitrogen and oxygen atoms in total. The Morgan fingerprint density at radius 1 is 1.27 bits per heavy atom. The molecular formula is C10H14N2O3. The van der Waals surface area contributed by atoms with Crippen LogP contribution < -0.4 is 20.3 Å². The predicted octanol–water partition coefficient (Wildman–Crippen LogP) is 0.325. The van der Waals surface area contributed by atoms with Crippen molar-refractivity contribution in [2.45, 2.75) is 0 Å². The van der Waals surface area contributed by atoms with Crippen molar-refractivity contribution in [2.75, 3.05) is 20.8 Å². The van der Waals surface area contributed by atoms with Crippen LogP contribution in [0.2, 0.25) is 0 Å². The molecule has 0 unspecified atom stereocenters. The molecule has 0 fully saturated rings. The highest BCUT2D eigenvalue weighted by Crippen LogP contribution is 2.16. The van der Waals surface area contributed by atoms with Crippen molar-refractivity contribution in [3.63, 3.8) is 0 Å². The molecule has 82 valence electrons. The number of hydrogen-bond donors (Lipinski definition) is 2. The standard InChI is InChI=1S/C10H14N2O3/c1-11-12-10(13)7-15-9-5-3-8(14-2)4-6-9/h3-6,11H,7H2,1-2H3,(H,12,13). The lowest BCUT2D eigenvalue weighted by Gasteiger charge is -2.06. The average Bonchev–Trinajstić information content (AvgIpc) is 2.27. The molecule has 2 N–H and O–H groups in total. The van der Waals surface area contributed by atoms with Crippen molar-refractivity contribution >= 4 is 5.91 Å². The number of hydrazine groups is 1. The first kappa shape index (κ1) is 11.3. The SMILES string of the molecule is CNNC(=O)COc1ccc(OC)cc1. The normalized spacial score (nSPS) is 9.47. The van der Waals surface area contributed by atoms with E-state index in [2.05, 4.69) is 10.9 Å². The molecule has 0 saturated carbocycles. The van der Waals surface area contributed by atoms with Crippen molar-refractivity contribution in [3.8, 4) is 11.5 Å². The maximum Gasteiger partial charge on any atom is 0.271 e. The zero-order valence-corrected chi connectivity index (χ0v) is 8.74. The highest BCUT2D eigenvalue weighted by Gasteiger charge is 2.00. The Labute approximate surface area is 88.3 Å². The van der Waals surface area contributed by atoms with Crippen molar-refractivity contribution < 1.29 is 14.3 Å². The molecule has 1 rings (SSSR count). The van der Waals surface area contributed by atoms with E-state index in [-0.39, 0.29) is 12.5 Å². The smallest absolute Gasteiger partial charge is 0.271 e. The number of nitrogens with one attached hydrogen (secondary N) is 2. The maximum atomic E-state index is 11.0. The van der Waals surface area contributed by atoms with Crippen molar-refractivity contribution in [1.29, 1.82) is 0 Å². The minimum atomic E-state index is -0.228. The zero-order valence-electron chi connectivity index (χ0n) is 8.74. The highest BCUT2D eigenvalue weighted by atomic mass is 16.5. The van der Waals surface area contributed by atoms with Crippen LogP contribution in [0.25, 0.3) is 0 Å². The van der Waals surface area contributed by atoms with E-state index in [1.165, 1.54) is 0 Å². The summed E-state index contributed by atoms with van der Waals surface area (Å²) in [4.78, 5) is 11.0. The van der Waals surface area contributed by atoms with Crippen LogP contribution in [0.4, 0.5) is 0 Å². The third-order valence-electron chi connectivity index (χ3n) is 1.69. The largest absolute Gasteiger partial charge is 0.497 e. The van der Waals surface area contributed by atoms with Gasteiger partial charge in [-0.1, -0.05) is 0 Å². The predicted molar refractivity (Wildman–Crippen MR) is 55.7 cm³/mol. The molecule has 0 aliphatic heterocycles. The quantitative estimate of drug-likeness (QED) is 0.687. The molecule has 1 aromatic rings. The first-order chi connectivity index (χ1) is 7.26. The summed E-state index contributed by atoms with van der Waals surface area (Å²) in [6.07, 6.45) is 0. The lowest BCUT2D eigenvalue weighted by atomic mass is 10.3. The van der Waals surface area contributed by atoms with Crippen LogP contribution in [-0.4, -0.2) is 26.7 Å². The third-order valence-corrected chi connectivity index (χ3v) is 1.69. The number of benzene rings is 1. The number of methoxy groups -OCH3 is 1. The average molecular weight is 210 g/mol. The Kier molecular flexibility index (Phi) is 4.43. The van der Waals surface area contributed by atoms with Gasteiger partial charge in [-0.05, 0) is 24.3 Å². The Balaban J connectivity index is 2.40. The zero-order chi connectivity index (χ0) is 11.1. The monoisotopic (exact) mass is 210 g/mol. The van der Waals surface area contributed by atoms with Gasteiger partial charge in [0.05, 0.1) is 7.11 Å². The number of ether oxygens (including phenoxy) is 2. The fraction of sp³-hybridized carbons (Fsp3) is 0.300. The summed E-state index contributed by atoms with van der Waals surface area (Å²) >= 11 is 0. The lowest BCUT2D eigenvalue weighted by molar-refractivity contribution is -0.123. The van der Waals surface area contributed by atoms with Crippen LogP contribution in [0, 0.1) is 0 Å². The van der Waals surface area contributed by atoms with E-state index in [1.807, 2.05) is 0 Å². The van der Waals surface area contributed by atoms with Gasteiger partial charge in [-0.2, -0.15) is 0 Å². The summed E-state index contributed by atoms with van der Waals surface area (Å²) < 4.78 is 10.2. The van der Waals surface area contributed by atoms with Gasteiger partial charge >= 0.3 is 0 Å². The van der Waals surface area contributed by atoms with E-state index in [0.29, 0.717) is 5.75 Å². The number of carbonyl (C=O) groups excluding carboxylic acids is 1. The Bertz CT molecular complexity index is 311. The first-order valence-electron chi connectivity index (χ1n) is 4.48. The number of carbonyl (C=O) groups is 1.